The van der Waals surface area contributed by atoms with Gasteiger partial charge in [0.05, 0.1) is 17.0 Å². The van der Waals surface area contributed by atoms with Gasteiger partial charge in [-0.1, -0.05) is 90.6 Å². The topological polar surface area (TPSA) is 86.8 Å². The Kier molecular flexibility index (Phi) is 10.1. The second-order valence-corrected chi connectivity index (χ2v) is 12.8. The summed E-state index contributed by atoms with van der Waals surface area (Å²) in [7, 11) is -3.89. The van der Waals surface area contributed by atoms with Crippen LogP contribution < -0.4 is 9.62 Å². The Balaban J connectivity index is 1.72. The summed E-state index contributed by atoms with van der Waals surface area (Å²) in [6, 6.07) is 22.1. The summed E-state index contributed by atoms with van der Waals surface area (Å²) in [5.41, 5.74) is 1.84. The molecule has 0 saturated heterocycles. The van der Waals surface area contributed by atoms with Gasteiger partial charge >= 0.3 is 0 Å². The smallest absolute Gasteiger partial charge is 0.244 e. The Bertz CT molecular complexity index is 1410. The molecule has 0 aliphatic heterocycles. The van der Waals surface area contributed by atoms with Gasteiger partial charge in [0.1, 0.15) is 12.6 Å². The monoisotopic (exact) mass is 601 g/mol. The lowest BCUT2D eigenvalue weighted by atomic mass is 10.0. The van der Waals surface area contributed by atoms with Crippen LogP contribution in [0.3, 0.4) is 0 Å². The molecule has 1 fully saturated rings. The van der Waals surface area contributed by atoms with Gasteiger partial charge in [-0.05, 0) is 48.2 Å². The van der Waals surface area contributed by atoms with Crippen molar-refractivity contribution in [3.05, 3.63) is 100 Å². The molecule has 0 spiro atoms. The van der Waals surface area contributed by atoms with E-state index in [1.807, 2.05) is 30.3 Å². The van der Waals surface area contributed by atoms with Crippen molar-refractivity contribution >= 4 is 50.7 Å². The molecule has 1 saturated carbocycles. The van der Waals surface area contributed by atoms with Gasteiger partial charge in [-0.25, -0.2) is 8.42 Å². The number of sulfonamides is 1. The molecule has 3 aromatic rings. The van der Waals surface area contributed by atoms with Gasteiger partial charge in [-0.3, -0.25) is 13.9 Å². The first-order valence-electron chi connectivity index (χ1n) is 13.2. The highest BCUT2D eigenvalue weighted by Crippen LogP contribution is 2.28. The highest BCUT2D eigenvalue weighted by atomic mass is 35.5. The van der Waals surface area contributed by atoms with E-state index < -0.39 is 28.5 Å². The predicted molar refractivity (Wildman–Crippen MR) is 160 cm³/mol. The first-order chi connectivity index (χ1) is 19.1. The van der Waals surface area contributed by atoms with E-state index in [2.05, 4.69) is 5.32 Å². The molecule has 212 valence electrons. The van der Waals surface area contributed by atoms with E-state index in [0.29, 0.717) is 5.02 Å². The Morgan fingerprint density at radius 2 is 1.52 bits per heavy atom. The molecule has 10 heteroatoms. The van der Waals surface area contributed by atoms with Crippen molar-refractivity contribution in [1.29, 1.82) is 0 Å². The Labute approximate surface area is 246 Å². The fourth-order valence-corrected chi connectivity index (χ4v) is 6.23. The van der Waals surface area contributed by atoms with Gasteiger partial charge in [0.15, 0.2) is 0 Å². The number of nitrogens with zero attached hydrogens (tertiary/aromatic N) is 2. The summed E-state index contributed by atoms with van der Waals surface area (Å²) in [6.45, 7) is -0.427. The lowest BCUT2D eigenvalue weighted by Gasteiger charge is -2.34. The molecule has 1 atom stereocenters. The molecule has 0 aromatic heterocycles. The Hall–Kier alpha value is -3.07. The number of anilines is 1. The maximum absolute atomic E-state index is 14.1. The second kappa shape index (κ2) is 13.5. The number of para-hydroxylation sites is 1. The van der Waals surface area contributed by atoms with Crippen molar-refractivity contribution in [2.75, 3.05) is 17.1 Å². The molecular weight excluding hydrogens is 569 g/mol. The number of hydrogen-bond donors (Lipinski definition) is 1. The minimum atomic E-state index is -3.89. The third kappa shape index (κ3) is 7.99. The predicted octanol–water partition coefficient (Wildman–Crippen LogP) is 5.46. The van der Waals surface area contributed by atoms with Crippen LogP contribution in [0.4, 0.5) is 5.69 Å². The molecule has 1 N–H and O–H groups in total. The first kappa shape index (κ1) is 29.9. The minimum absolute atomic E-state index is 0.0499. The summed E-state index contributed by atoms with van der Waals surface area (Å²) in [5, 5.41) is 3.89. The molecule has 7 nitrogen and oxygen atoms in total. The average molecular weight is 603 g/mol. The molecule has 1 aliphatic rings. The first-order valence-corrected chi connectivity index (χ1v) is 15.8. The maximum Gasteiger partial charge on any atom is 0.244 e. The van der Waals surface area contributed by atoms with Crippen LogP contribution in [0.15, 0.2) is 78.9 Å². The summed E-state index contributed by atoms with van der Waals surface area (Å²) in [5.74, 6) is -0.787. The van der Waals surface area contributed by atoms with Crippen LogP contribution in [0.2, 0.25) is 10.0 Å². The van der Waals surface area contributed by atoms with Crippen molar-refractivity contribution < 1.29 is 18.0 Å². The van der Waals surface area contributed by atoms with Crippen molar-refractivity contribution in [3.8, 4) is 0 Å². The molecule has 0 unspecified atom stereocenters. The third-order valence-electron chi connectivity index (χ3n) is 7.04. The summed E-state index contributed by atoms with van der Waals surface area (Å²) >= 11 is 12.4. The van der Waals surface area contributed by atoms with Gasteiger partial charge < -0.3 is 10.2 Å². The van der Waals surface area contributed by atoms with Crippen molar-refractivity contribution in [3.63, 3.8) is 0 Å². The number of rotatable bonds is 11. The molecular formula is C30H33Cl2N3O4S. The van der Waals surface area contributed by atoms with Crippen LogP contribution in [0.5, 0.6) is 0 Å². The highest BCUT2D eigenvalue weighted by Gasteiger charge is 2.34. The Morgan fingerprint density at radius 3 is 2.15 bits per heavy atom. The number of carbonyl (C=O) groups excluding carboxylic acids is 2. The molecule has 2 amide bonds. The van der Waals surface area contributed by atoms with Gasteiger partial charge in [0.25, 0.3) is 0 Å². The quantitative estimate of drug-likeness (QED) is 0.316. The maximum atomic E-state index is 14.1. The molecule has 1 aliphatic carbocycles. The van der Waals surface area contributed by atoms with Crippen LogP contribution in [0.1, 0.15) is 36.8 Å². The van der Waals surface area contributed by atoms with Gasteiger partial charge in [0.2, 0.25) is 21.8 Å². The molecule has 40 heavy (non-hydrogen) atoms. The zero-order valence-electron chi connectivity index (χ0n) is 22.3. The zero-order valence-corrected chi connectivity index (χ0v) is 24.6. The largest absolute Gasteiger partial charge is 0.352 e. The average Bonchev–Trinajstić information content (AvgIpc) is 3.43. The van der Waals surface area contributed by atoms with E-state index in [-0.39, 0.29) is 35.6 Å². The number of carbonyl (C=O) groups is 2. The molecule has 3 aromatic carbocycles. The van der Waals surface area contributed by atoms with Crippen molar-refractivity contribution in [1.82, 2.24) is 10.2 Å². The summed E-state index contributed by atoms with van der Waals surface area (Å²) in [4.78, 5) is 29.4. The number of halogens is 2. The van der Waals surface area contributed by atoms with E-state index in [0.717, 1.165) is 47.4 Å². The number of nitrogens with one attached hydrogen (secondary N) is 1. The SMILES string of the molecule is CS(=O)(=O)N(CC(=O)N(Cc1ccc(Cl)cc1)[C@H](Cc1ccccc1)C(=O)NC1CCCC1)c1ccccc1Cl. The van der Waals surface area contributed by atoms with Crippen LogP contribution in [-0.4, -0.2) is 50.0 Å². The number of benzene rings is 3. The van der Waals surface area contributed by atoms with Crippen LogP contribution >= 0.6 is 23.2 Å². The van der Waals surface area contributed by atoms with E-state index in [4.69, 9.17) is 23.2 Å². The third-order valence-corrected chi connectivity index (χ3v) is 8.74. The lowest BCUT2D eigenvalue weighted by molar-refractivity contribution is -0.140. The fourth-order valence-electron chi connectivity index (χ4n) is 4.96. The van der Waals surface area contributed by atoms with E-state index in [1.165, 1.54) is 4.90 Å². The number of hydrogen-bond acceptors (Lipinski definition) is 4. The number of amides is 2. The molecule has 0 heterocycles. The van der Waals surface area contributed by atoms with Crippen LogP contribution in [-0.2, 0) is 32.6 Å². The summed E-state index contributed by atoms with van der Waals surface area (Å²) in [6.07, 6.45) is 5.17. The molecule has 0 radical (unpaired) electrons. The highest BCUT2D eigenvalue weighted by molar-refractivity contribution is 7.92. The zero-order chi connectivity index (χ0) is 28.7. The van der Waals surface area contributed by atoms with E-state index in [1.54, 1.807) is 48.5 Å². The normalized spacial score (nSPS) is 14.5. The van der Waals surface area contributed by atoms with Crippen molar-refractivity contribution in [2.24, 2.45) is 0 Å². The van der Waals surface area contributed by atoms with Gasteiger partial charge in [-0.15, -0.1) is 0 Å². The second-order valence-electron chi connectivity index (χ2n) is 10.1. The molecule has 4 rings (SSSR count). The van der Waals surface area contributed by atoms with Crippen LogP contribution in [0.25, 0.3) is 0 Å². The Morgan fingerprint density at radius 1 is 0.900 bits per heavy atom. The fraction of sp³-hybridized carbons (Fsp3) is 0.333. The standard InChI is InChI=1S/C30H33Cl2N3O4S/c1-40(38,39)35(27-14-8-7-13-26(27)32)21-29(36)34(20-23-15-17-24(31)18-16-23)28(19-22-9-3-2-4-10-22)30(37)33-25-11-5-6-12-25/h2-4,7-10,13-18,25,28H,5-6,11-12,19-21H2,1H3,(H,33,37)/t28-/m1/s1. The van der Waals surface area contributed by atoms with Crippen LogP contribution in [0, 0.1) is 0 Å². The van der Waals surface area contributed by atoms with E-state index >= 15 is 0 Å². The van der Waals surface area contributed by atoms with Crippen molar-refractivity contribution in [2.45, 2.75) is 50.7 Å². The van der Waals surface area contributed by atoms with Gasteiger partial charge in [0, 0.05) is 24.0 Å². The van der Waals surface area contributed by atoms with Gasteiger partial charge in [-0.2, -0.15) is 0 Å². The van der Waals surface area contributed by atoms with E-state index in [9.17, 15) is 18.0 Å². The minimum Gasteiger partial charge on any atom is -0.352 e. The molecule has 0 bridgehead atoms. The summed E-state index contributed by atoms with van der Waals surface area (Å²) < 4.78 is 26.7. The lowest BCUT2D eigenvalue weighted by Crippen LogP contribution is -2.54.